The lowest BCUT2D eigenvalue weighted by Gasteiger charge is -2.40. The first-order valence-electron chi connectivity index (χ1n) is 7.32. The number of hydrogen-bond acceptors (Lipinski definition) is 4. The average Bonchev–Trinajstić information content (AvgIpc) is 2.89. The summed E-state index contributed by atoms with van der Waals surface area (Å²) >= 11 is 0. The van der Waals surface area contributed by atoms with E-state index in [1.54, 1.807) is 6.26 Å². The van der Waals surface area contributed by atoms with Gasteiger partial charge in [0.2, 0.25) is 0 Å². The minimum atomic E-state index is 0.615. The Morgan fingerprint density at radius 2 is 2.00 bits per heavy atom. The van der Waals surface area contributed by atoms with Gasteiger partial charge in [0, 0.05) is 38.8 Å². The van der Waals surface area contributed by atoms with Gasteiger partial charge in [0.1, 0.15) is 5.76 Å². The molecule has 2 heterocycles. The third-order valence-corrected chi connectivity index (χ3v) is 4.01. The summed E-state index contributed by atoms with van der Waals surface area (Å²) in [5.74, 6) is 1.69. The van der Waals surface area contributed by atoms with Crippen molar-refractivity contribution in [2.45, 2.75) is 26.4 Å². The topological polar surface area (TPSA) is 31.7 Å². The van der Waals surface area contributed by atoms with Crippen molar-refractivity contribution >= 4 is 0 Å². The molecule has 0 spiro atoms. The van der Waals surface area contributed by atoms with Gasteiger partial charge in [0.25, 0.3) is 0 Å². The van der Waals surface area contributed by atoms with Crippen LogP contribution in [-0.2, 0) is 6.54 Å². The zero-order valence-corrected chi connectivity index (χ0v) is 12.4. The van der Waals surface area contributed by atoms with Gasteiger partial charge < -0.3 is 14.6 Å². The third kappa shape index (κ3) is 4.34. The highest BCUT2D eigenvalue weighted by molar-refractivity contribution is 4.97. The second-order valence-corrected chi connectivity index (χ2v) is 5.86. The maximum atomic E-state index is 5.35. The molecule has 1 aromatic heterocycles. The predicted octanol–water partition coefficient (Wildman–Crippen LogP) is 1.64. The fraction of sp³-hybridized carbons (Fsp3) is 0.733. The number of furan rings is 1. The van der Waals surface area contributed by atoms with Gasteiger partial charge in [-0.25, -0.2) is 0 Å². The van der Waals surface area contributed by atoms with E-state index in [2.05, 4.69) is 36.0 Å². The van der Waals surface area contributed by atoms with Crippen LogP contribution < -0.4 is 5.32 Å². The Hall–Kier alpha value is -0.840. The minimum Gasteiger partial charge on any atom is -0.468 e. The van der Waals surface area contributed by atoms with Crippen molar-refractivity contribution in [1.29, 1.82) is 0 Å². The number of hydrogen-bond donors (Lipinski definition) is 1. The van der Waals surface area contributed by atoms with Gasteiger partial charge in [-0.3, -0.25) is 4.90 Å². The number of likely N-dealkylation sites (N-methyl/N-ethyl adjacent to an activating group) is 1. The molecule has 1 aliphatic rings. The molecule has 1 atom stereocenters. The van der Waals surface area contributed by atoms with Gasteiger partial charge in [0.15, 0.2) is 0 Å². The lowest BCUT2D eigenvalue weighted by Crippen LogP contribution is -2.53. The van der Waals surface area contributed by atoms with Gasteiger partial charge in [-0.05, 0) is 25.1 Å². The van der Waals surface area contributed by atoms with E-state index in [1.165, 1.54) is 26.2 Å². The molecule has 108 valence electrons. The van der Waals surface area contributed by atoms with Crippen LogP contribution in [0.15, 0.2) is 22.8 Å². The van der Waals surface area contributed by atoms with Crippen molar-refractivity contribution in [2.24, 2.45) is 5.92 Å². The maximum Gasteiger partial charge on any atom is 0.117 e. The van der Waals surface area contributed by atoms with Crippen molar-refractivity contribution < 1.29 is 4.42 Å². The van der Waals surface area contributed by atoms with Gasteiger partial charge in [-0.2, -0.15) is 0 Å². The molecule has 0 bridgehead atoms. The highest BCUT2D eigenvalue weighted by Gasteiger charge is 2.24. The predicted molar refractivity (Wildman–Crippen MR) is 78.1 cm³/mol. The fourth-order valence-corrected chi connectivity index (χ4v) is 2.70. The molecule has 0 aromatic carbocycles. The van der Waals surface area contributed by atoms with Crippen LogP contribution in [0, 0.1) is 5.92 Å². The highest BCUT2D eigenvalue weighted by atomic mass is 16.3. The lowest BCUT2D eigenvalue weighted by atomic mass is 10.0. The number of rotatable bonds is 6. The fourth-order valence-electron chi connectivity index (χ4n) is 2.70. The second-order valence-electron chi connectivity index (χ2n) is 5.86. The van der Waals surface area contributed by atoms with Crippen molar-refractivity contribution in [1.82, 2.24) is 15.1 Å². The first-order chi connectivity index (χ1) is 9.16. The van der Waals surface area contributed by atoms with E-state index in [4.69, 9.17) is 4.42 Å². The Kier molecular flexibility index (Phi) is 5.43. The van der Waals surface area contributed by atoms with E-state index in [-0.39, 0.29) is 0 Å². The summed E-state index contributed by atoms with van der Waals surface area (Å²) in [5, 5.41) is 3.53. The van der Waals surface area contributed by atoms with Crippen LogP contribution in [0.3, 0.4) is 0 Å². The third-order valence-electron chi connectivity index (χ3n) is 4.01. The van der Waals surface area contributed by atoms with Gasteiger partial charge in [-0.1, -0.05) is 13.8 Å². The zero-order valence-electron chi connectivity index (χ0n) is 12.4. The number of nitrogens with one attached hydrogen (secondary N) is 1. The van der Waals surface area contributed by atoms with Crippen LogP contribution in [0.5, 0.6) is 0 Å². The molecule has 1 saturated heterocycles. The molecule has 4 nitrogen and oxygen atoms in total. The Morgan fingerprint density at radius 3 is 2.58 bits per heavy atom. The molecule has 0 radical (unpaired) electrons. The Balaban J connectivity index is 1.79. The van der Waals surface area contributed by atoms with E-state index < -0.39 is 0 Å². The van der Waals surface area contributed by atoms with Crippen LogP contribution in [0.1, 0.15) is 19.6 Å². The summed E-state index contributed by atoms with van der Waals surface area (Å²) in [7, 11) is 2.21. The van der Waals surface area contributed by atoms with Crippen molar-refractivity contribution in [3.05, 3.63) is 24.2 Å². The van der Waals surface area contributed by atoms with Crippen LogP contribution in [0.2, 0.25) is 0 Å². The molecule has 0 amide bonds. The van der Waals surface area contributed by atoms with Gasteiger partial charge >= 0.3 is 0 Å². The van der Waals surface area contributed by atoms with E-state index in [0.717, 1.165) is 18.8 Å². The largest absolute Gasteiger partial charge is 0.468 e. The van der Waals surface area contributed by atoms with Crippen molar-refractivity contribution in [3.63, 3.8) is 0 Å². The molecule has 1 aliphatic heterocycles. The Bertz CT molecular complexity index is 342. The molecule has 4 heteroatoms. The van der Waals surface area contributed by atoms with E-state index in [9.17, 15) is 0 Å². The molecule has 0 aliphatic carbocycles. The number of piperazine rings is 1. The maximum absolute atomic E-state index is 5.35. The molecule has 1 N–H and O–H groups in total. The van der Waals surface area contributed by atoms with E-state index in [1.807, 2.05) is 12.1 Å². The first-order valence-corrected chi connectivity index (χ1v) is 7.32. The summed E-state index contributed by atoms with van der Waals surface area (Å²) in [6, 6.07) is 4.58. The monoisotopic (exact) mass is 265 g/mol. The van der Waals surface area contributed by atoms with Gasteiger partial charge in [0.05, 0.1) is 12.8 Å². The summed E-state index contributed by atoms with van der Waals surface area (Å²) in [5.41, 5.74) is 0. The number of nitrogens with zero attached hydrogens (tertiary/aromatic N) is 2. The quantitative estimate of drug-likeness (QED) is 0.847. The van der Waals surface area contributed by atoms with Crippen LogP contribution in [0.4, 0.5) is 0 Å². The first kappa shape index (κ1) is 14.6. The summed E-state index contributed by atoms with van der Waals surface area (Å²) in [4.78, 5) is 5.03. The molecular formula is C15H27N3O. The molecule has 1 aromatic rings. The van der Waals surface area contributed by atoms with Crippen LogP contribution in [0.25, 0.3) is 0 Å². The Morgan fingerprint density at radius 1 is 1.26 bits per heavy atom. The lowest BCUT2D eigenvalue weighted by molar-refractivity contribution is 0.0872. The SMILES string of the molecule is CC(C)C(CNCc1ccco1)N1CCN(C)CC1. The average molecular weight is 265 g/mol. The smallest absolute Gasteiger partial charge is 0.117 e. The summed E-state index contributed by atoms with van der Waals surface area (Å²) < 4.78 is 5.35. The molecule has 1 fully saturated rings. The van der Waals surface area contributed by atoms with E-state index in [0.29, 0.717) is 12.0 Å². The van der Waals surface area contributed by atoms with Gasteiger partial charge in [-0.15, -0.1) is 0 Å². The van der Waals surface area contributed by atoms with Crippen LogP contribution in [-0.4, -0.2) is 55.6 Å². The summed E-state index contributed by atoms with van der Waals surface area (Å²) in [6.45, 7) is 11.2. The summed E-state index contributed by atoms with van der Waals surface area (Å²) in [6.07, 6.45) is 1.73. The molecule has 19 heavy (non-hydrogen) atoms. The van der Waals surface area contributed by atoms with Crippen molar-refractivity contribution in [2.75, 3.05) is 39.8 Å². The van der Waals surface area contributed by atoms with E-state index >= 15 is 0 Å². The molecule has 2 rings (SSSR count). The zero-order chi connectivity index (χ0) is 13.7. The minimum absolute atomic E-state index is 0.615. The van der Waals surface area contributed by atoms with Crippen molar-refractivity contribution in [3.8, 4) is 0 Å². The molecule has 1 unspecified atom stereocenters. The van der Waals surface area contributed by atoms with Crippen LogP contribution >= 0.6 is 0 Å². The normalized spacial score (nSPS) is 20.0. The highest BCUT2D eigenvalue weighted by Crippen LogP contribution is 2.13. The molecule has 0 saturated carbocycles. The molecular weight excluding hydrogens is 238 g/mol. The standard InChI is InChI=1S/C15H27N3O/c1-13(2)15(18-8-6-17(3)7-9-18)12-16-11-14-5-4-10-19-14/h4-5,10,13,15-16H,6-9,11-12H2,1-3H3. The Labute approximate surface area is 116 Å². The second kappa shape index (κ2) is 7.08.